The summed E-state index contributed by atoms with van der Waals surface area (Å²) in [6.07, 6.45) is 0.469. The summed E-state index contributed by atoms with van der Waals surface area (Å²) in [6, 6.07) is 3.84. The van der Waals surface area contributed by atoms with E-state index in [1.165, 1.54) is 17.0 Å². The monoisotopic (exact) mass is 291 g/mol. The molecule has 0 bridgehead atoms. The van der Waals surface area contributed by atoms with E-state index in [2.05, 4.69) is 5.32 Å². The number of nitro benzene ring substituents is 1. The lowest BCUT2D eigenvalue weighted by molar-refractivity contribution is -0.385. The average molecular weight is 291 g/mol. The summed E-state index contributed by atoms with van der Waals surface area (Å²) in [5, 5.41) is 13.8. The summed E-state index contributed by atoms with van der Waals surface area (Å²) < 4.78 is 0. The molecule has 7 nitrogen and oxygen atoms in total. The van der Waals surface area contributed by atoms with Crippen LogP contribution < -0.4 is 5.32 Å². The molecule has 2 amide bonds. The highest BCUT2D eigenvalue weighted by molar-refractivity contribution is 6.01. The topological polar surface area (TPSA) is 92.6 Å². The van der Waals surface area contributed by atoms with Gasteiger partial charge in [0.05, 0.1) is 4.92 Å². The van der Waals surface area contributed by atoms with Crippen LogP contribution in [0.5, 0.6) is 0 Å². The van der Waals surface area contributed by atoms with Crippen molar-refractivity contribution < 1.29 is 14.5 Å². The molecule has 1 atom stereocenters. The molecule has 21 heavy (non-hydrogen) atoms. The molecule has 112 valence electrons. The molecule has 1 saturated heterocycles. The number of carbonyl (C=O) groups is 2. The van der Waals surface area contributed by atoms with Crippen molar-refractivity contribution in [2.45, 2.75) is 26.3 Å². The summed E-state index contributed by atoms with van der Waals surface area (Å²) in [6.45, 7) is 4.29. The van der Waals surface area contributed by atoms with Gasteiger partial charge in [-0.15, -0.1) is 0 Å². The van der Waals surface area contributed by atoms with Crippen LogP contribution in [0, 0.1) is 17.0 Å². The lowest BCUT2D eigenvalue weighted by Crippen LogP contribution is -2.56. The van der Waals surface area contributed by atoms with Gasteiger partial charge in [0.1, 0.15) is 11.6 Å². The second kappa shape index (κ2) is 5.90. The van der Waals surface area contributed by atoms with Crippen LogP contribution in [0.3, 0.4) is 0 Å². The fraction of sp³-hybridized carbons (Fsp3) is 0.429. The van der Waals surface area contributed by atoms with Gasteiger partial charge in [-0.3, -0.25) is 19.7 Å². The Morgan fingerprint density at radius 3 is 2.86 bits per heavy atom. The van der Waals surface area contributed by atoms with Crippen LogP contribution >= 0.6 is 0 Å². The standard InChI is InChI=1S/C14H17N3O4/c1-3-11-13(18)15-6-7-16(11)14(19)10-8-9(2)4-5-12(10)17(20)21/h4-5,8,11H,3,6-7H2,1-2H3,(H,15,18). The van der Waals surface area contributed by atoms with E-state index in [1.54, 1.807) is 19.9 Å². The summed E-state index contributed by atoms with van der Waals surface area (Å²) in [4.78, 5) is 36.4. The maximum Gasteiger partial charge on any atom is 0.282 e. The number of carbonyl (C=O) groups excluding carboxylic acids is 2. The molecule has 1 aliphatic heterocycles. The molecule has 0 aromatic heterocycles. The first kappa shape index (κ1) is 15.0. The van der Waals surface area contributed by atoms with E-state index >= 15 is 0 Å². The van der Waals surface area contributed by atoms with Gasteiger partial charge in [0.2, 0.25) is 5.91 Å². The van der Waals surface area contributed by atoms with Gasteiger partial charge in [-0.05, 0) is 25.0 Å². The highest BCUT2D eigenvalue weighted by Crippen LogP contribution is 2.23. The first-order chi connectivity index (χ1) is 9.95. The van der Waals surface area contributed by atoms with Crippen molar-refractivity contribution in [1.82, 2.24) is 10.2 Å². The van der Waals surface area contributed by atoms with Crippen LogP contribution in [0.25, 0.3) is 0 Å². The summed E-state index contributed by atoms with van der Waals surface area (Å²) >= 11 is 0. The van der Waals surface area contributed by atoms with Crippen molar-refractivity contribution in [3.63, 3.8) is 0 Å². The number of benzene rings is 1. The lowest BCUT2D eigenvalue weighted by Gasteiger charge is -2.34. The smallest absolute Gasteiger partial charge is 0.282 e. The number of nitro groups is 1. The predicted molar refractivity (Wildman–Crippen MR) is 76.0 cm³/mol. The number of piperazine rings is 1. The van der Waals surface area contributed by atoms with Crippen molar-refractivity contribution >= 4 is 17.5 Å². The fourth-order valence-corrected chi connectivity index (χ4v) is 2.50. The minimum Gasteiger partial charge on any atom is -0.353 e. The average Bonchev–Trinajstić information content (AvgIpc) is 2.45. The number of nitrogens with zero attached hydrogens (tertiary/aromatic N) is 2. The Hall–Kier alpha value is -2.44. The first-order valence-corrected chi connectivity index (χ1v) is 6.79. The number of hydrogen-bond donors (Lipinski definition) is 1. The van der Waals surface area contributed by atoms with Gasteiger partial charge in [-0.2, -0.15) is 0 Å². The van der Waals surface area contributed by atoms with E-state index < -0.39 is 16.9 Å². The molecule has 1 unspecified atom stereocenters. The lowest BCUT2D eigenvalue weighted by atomic mass is 10.0. The van der Waals surface area contributed by atoms with E-state index in [1.807, 2.05) is 0 Å². The van der Waals surface area contributed by atoms with E-state index in [0.717, 1.165) is 5.56 Å². The third-order valence-corrected chi connectivity index (χ3v) is 3.56. The molecule has 7 heteroatoms. The molecular formula is C14H17N3O4. The SMILES string of the molecule is CCC1C(=O)NCCN1C(=O)c1cc(C)ccc1[N+](=O)[O-]. The Bertz CT molecular complexity index is 600. The first-order valence-electron chi connectivity index (χ1n) is 6.79. The molecule has 0 radical (unpaired) electrons. The van der Waals surface area contributed by atoms with Crippen LogP contribution in [0.15, 0.2) is 18.2 Å². The van der Waals surface area contributed by atoms with E-state index in [4.69, 9.17) is 0 Å². The molecule has 2 rings (SSSR count). The van der Waals surface area contributed by atoms with Crippen LogP contribution in [-0.4, -0.2) is 40.8 Å². The second-order valence-corrected chi connectivity index (χ2v) is 4.99. The van der Waals surface area contributed by atoms with Crippen molar-refractivity contribution in [2.75, 3.05) is 13.1 Å². The van der Waals surface area contributed by atoms with Gasteiger partial charge in [0, 0.05) is 19.2 Å². The van der Waals surface area contributed by atoms with E-state index in [-0.39, 0.29) is 17.2 Å². The zero-order valence-corrected chi connectivity index (χ0v) is 12.0. The maximum atomic E-state index is 12.6. The Balaban J connectivity index is 2.41. The number of aryl methyl sites for hydroxylation is 1. The van der Waals surface area contributed by atoms with Gasteiger partial charge in [0.25, 0.3) is 11.6 Å². The molecule has 1 fully saturated rings. The molecule has 0 spiro atoms. The minimum atomic E-state index is -0.577. The summed E-state index contributed by atoms with van der Waals surface area (Å²) in [5.41, 5.74) is 0.568. The van der Waals surface area contributed by atoms with E-state index in [0.29, 0.717) is 19.5 Å². The molecule has 1 heterocycles. The second-order valence-electron chi connectivity index (χ2n) is 4.99. The molecule has 1 aromatic rings. The predicted octanol–water partition coefficient (Wildman–Crippen LogP) is 1.25. The molecule has 0 aliphatic carbocycles. The van der Waals surface area contributed by atoms with Gasteiger partial charge in [-0.1, -0.05) is 13.0 Å². The fourth-order valence-electron chi connectivity index (χ4n) is 2.50. The van der Waals surface area contributed by atoms with Crippen molar-refractivity contribution in [2.24, 2.45) is 0 Å². The molecule has 0 saturated carbocycles. The van der Waals surface area contributed by atoms with Crippen molar-refractivity contribution in [1.29, 1.82) is 0 Å². The normalized spacial score (nSPS) is 18.3. The molecule has 1 N–H and O–H groups in total. The largest absolute Gasteiger partial charge is 0.353 e. The molecule has 1 aromatic carbocycles. The van der Waals surface area contributed by atoms with Gasteiger partial charge in [-0.25, -0.2) is 0 Å². The van der Waals surface area contributed by atoms with E-state index in [9.17, 15) is 19.7 Å². The summed E-state index contributed by atoms with van der Waals surface area (Å²) in [5.74, 6) is -0.681. The summed E-state index contributed by atoms with van der Waals surface area (Å²) in [7, 11) is 0. The number of amides is 2. The molecular weight excluding hydrogens is 274 g/mol. The zero-order valence-electron chi connectivity index (χ0n) is 12.0. The third kappa shape index (κ3) is 2.86. The van der Waals surface area contributed by atoms with Crippen LogP contribution in [-0.2, 0) is 4.79 Å². The van der Waals surface area contributed by atoms with Crippen LogP contribution in [0.1, 0.15) is 29.3 Å². The van der Waals surface area contributed by atoms with Crippen LogP contribution in [0.4, 0.5) is 5.69 Å². The van der Waals surface area contributed by atoms with Gasteiger partial charge < -0.3 is 10.2 Å². The number of nitrogens with one attached hydrogen (secondary N) is 1. The minimum absolute atomic E-state index is 0.0353. The zero-order chi connectivity index (χ0) is 15.6. The maximum absolute atomic E-state index is 12.6. The Labute approximate surface area is 122 Å². The Kier molecular flexibility index (Phi) is 4.21. The Morgan fingerprint density at radius 2 is 2.24 bits per heavy atom. The van der Waals surface area contributed by atoms with Crippen molar-refractivity contribution in [3.8, 4) is 0 Å². The number of hydrogen-bond acceptors (Lipinski definition) is 4. The van der Waals surface area contributed by atoms with Gasteiger partial charge >= 0.3 is 0 Å². The highest BCUT2D eigenvalue weighted by atomic mass is 16.6. The third-order valence-electron chi connectivity index (χ3n) is 3.56. The van der Waals surface area contributed by atoms with Crippen molar-refractivity contribution in [3.05, 3.63) is 39.4 Å². The quantitative estimate of drug-likeness (QED) is 0.670. The Morgan fingerprint density at radius 1 is 1.52 bits per heavy atom. The number of rotatable bonds is 3. The van der Waals surface area contributed by atoms with Crippen LogP contribution in [0.2, 0.25) is 0 Å². The highest BCUT2D eigenvalue weighted by Gasteiger charge is 2.34. The molecule has 1 aliphatic rings. The van der Waals surface area contributed by atoms with Gasteiger partial charge in [0.15, 0.2) is 0 Å².